The number of ether oxygens (including phenoxy) is 1. The second-order valence-corrected chi connectivity index (χ2v) is 5.90. The minimum atomic E-state index is -0.437. The van der Waals surface area contributed by atoms with Gasteiger partial charge in [-0.2, -0.15) is 0 Å². The van der Waals surface area contributed by atoms with Crippen molar-refractivity contribution >= 4 is 23.2 Å². The number of aromatic amines is 1. The molecule has 0 aliphatic carbocycles. The van der Waals surface area contributed by atoms with E-state index in [2.05, 4.69) is 9.88 Å². The fraction of sp³-hybridized carbons (Fsp3) is 0.294. The zero-order valence-electron chi connectivity index (χ0n) is 13.0. The van der Waals surface area contributed by atoms with Crippen molar-refractivity contribution in [2.75, 3.05) is 37.7 Å². The smallest absolute Gasteiger partial charge is 0.260 e. The Kier molecular flexibility index (Phi) is 5.15. The maximum atomic E-state index is 13.0. The molecule has 1 aliphatic heterocycles. The molecule has 0 atom stereocenters. The van der Waals surface area contributed by atoms with Crippen LogP contribution in [0.5, 0.6) is 5.75 Å². The average molecular weight is 351 g/mol. The summed E-state index contributed by atoms with van der Waals surface area (Å²) in [4.78, 5) is 19.2. The maximum absolute atomic E-state index is 13.0. The van der Waals surface area contributed by atoms with E-state index in [1.165, 1.54) is 12.1 Å². The molecule has 0 bridgehead atoms. The summed E-state index contributed by atoms with van der Waals surface area (Å²) >= 11 is 5.89. The van der Waals surface area contributed by atoms with Crippen LogP contribution in [0.2, 0.25) is 5.02 Å². The molecule has 7 heteroatoms. The highest BCUT2D eigenvalue weighted by Gasteiger charge is 2.22. The number of H-pyrrole nitrogens is 1. The summed E-state index contributed by atoms with van der Waals surface area (Å²) in [6.07, 6.45) is 3.76. The van der Waals surface area contributed by atoms with E-state index in [-0.39, 0.29) is 17.5 Å². The van der Waals surface area contributed by atoms with Crippen molar-refractivity contribution in [3.8, 4) is 5.75 Å². The first kappa shape index (κ1) is 16.5. The number of piperazine rings is 1. The van der Waals surface area contributed by atoms with E-state index in [0.717, 1.165) is 24.8 Å². The van der Waals surface area contributed by atoms with E-state index in [1.54, 1.807) is 4.90 Å². The fourth-order valence-electron chi connectivity index (χ4n) is 2.63. The minimum absolute atomic E-state index is 0.101. The second-order valence-electron chi connectivity index (χ2n) is 5.49. The number of amides is 1. The van der Waals surface area contributed by atoms with E-state index in [4.69, 9.17) is 16.3 Å². The molecule has 24 heavy (non-hydrogen) atoms. The Morgan fingerprint density at radius 1 is 1.17 bits per heavy atom. The highest BCUT2D eigenvalue weighted by molar-refractivity contribution is 6.32. The summed E-state index contributed by atoms with van der Waals surface area (Å²) in [5.74, 6) is -0.227. The number of carbonyl (C=O) groups excluding carboxylic acids is 1. The Labute approximate surface area is 144 Å². The van der Waals surface area contributed by atoms with E-state index in [1.807, 2.05) is 24.5 Å². The van der Waals surface area contributed by atoms with Crippen LogP contribution in [-0.4, -0.2) is 43.6 Å². The average Bonchev–Trinajstić information content (AvgIpc) is 2.62. The van der Waals surface area contributed by atoms with Crippen LogP contribution in [0, 0.1) is 5.82 Å². The van der Waals surface area contributed by atoms with E-state index in [0.29, 0.717) is 18.8 Å². The van der Waals surface area contributed by atoms with Crippen molar-refractivity contribution in [3.63, 3.8) is 0 Å². The normalized spacial score (nSPS) is 14.6. The van der Waals surface area contributed by atoms with E-state index < -0.39 is 5.82 Å². The second kappa shape index (κ2) is 7.49. The van der Waals surface area contributed by atoms with Gasteiger partial charge in [-0.1, -0.05) is 11.6 Å². The third kappa shape index (κ3) is 3.94. The number of rotatable bonds is 4. The first-order chi connectivity index (χ1) is 11.6. The van der Waals surface area contributed by atoms with Crippen LogP contribution < -0.4 is 14.6 Å². The first-order valence-corrected chi connectivity index (χ1v) is 8.08. The zero-order chi connectivity index (χ0) is 16.9. The molecule has 2 aromatic rings. The predicted octanol–water partition coefficient (Wildman–Crippen LogP) is 2.02. The third-order valence-corrected chi connectivity index (χ3v) is 4.24. The number of benzene rings is 1. The molecule has 5 nitrogen and oxygen atoms in total. The number of hydrogen-bond donors (Lipinski definition) is 0. The number of halogens is 2. The van der Waals surface area contributed by atoms with Crippen molar-refractivity contribution in [1.29, 1.82) is 0 Å². The van der Waals surface area contributed by atoms with Crippen molar-refractivity contribution in [3.05, 3.63) is 53.6 Å². The topological polar surface area (TPSA) is 46.9 Å². The standard InChI is InChI=1S/C17H17ClFN3O2/c18-15-11-13(19)1-2-16(15)24-12-17(23)22-9-7-21(8-10-22)14-3-5-20-6-4-14/h1-6,11H,7-10,12H2/p+1. The van der Waals surface area contributed by atoms with Gasteiger partial charge < -0.3 is 14.5 Å². The van der Waals surface area contributed by atoms with E-state index >= 15 is 0 Å². The molecule has 3 rings (SSSR count). The van der Waals surface area contributed by atoms with Gasteiger partial charge in [0.25, 0.3) is 5.91 Å². The Balaban J connectivity index is 1.50. The largest absolute Gasteiger partial charge is 0.482 e. The number of anilines is 1. The molecule has 1 aromatic carbocycles. The van der Waals surface area contributed by atoms with Gasteiger partial charge >= 0.3 is 0 Å². The van der Waals surface area contributed by atoms with Crippen molar-refractivity contribution < 1.29 is 18.9 Å². The molecular weight excluding hydrogens is 333 g/mol. The number of carbonyl (C=O) groups is 1. The molecule has 126 valence electrons. The molecule has 0 unspecified atom stereocenters. The molecular formula is C17H18ClFN3O2+. The van der Waals surface area contributed by atoms with Gasteiger partial charge in [-0.15, -0.1) is 0 Å². The Hall–Kier alpha value is -2.34. The van der Waals surface area contributed by atoms with Gasteiger partial charge in [0, 0.05) is 44.0 Å². The molecule has 0 saturated carbocycles. The van der Waals surface area contributed by atoms with Gasteiger partial charge in [0.2, 0.25) is 0 Å². The molecule has 1 N–H and O–H groups in total. The van der Waals surface area contributed by atoms with Crippen LogP contribution in [0.4, 0.5) is 10.1 Å². The summed E-state index contributed by atoms with van der Waals surface area (Å²) in [5, 5.41) is 0.161. The summed E-state index contributed by atoms with van der Waals surface area (Å²) in [5.41, 5.74) is 1.13. The summed E-state index contributed by atoms with van der Waals surface area (Å²) in [6.45, 7) is 2.71. The van der Waals surface area contributed by atoms with Crippen molar-refractivity contribution in [2.45, 2.75) is 0 Å². The lowest BCUT2D eigenvalue weighted by atomic mass is 10.2. The van der Waals surface area contributed by atoms with Gasteiger partial charge in [-0.25, -0.2) is 9.37 Å². The highest BCUT2D eigenvalue weighted by atomic mass is 35.5. The van der Waals surface area contributed by atoms with E-state index in [9.17, 15) is 9.18 Å². The first-order valence-electron chi connectivity index (χ1n) is 7.70. The maximum Gasteiger partial charge on any atom is 0.260 e. The van der Waals surface area contributed by atoms with Crippen LogP contribution in [-0.2, 0) is 4.79 Å². The molecule has 0 radical (unpaired) electrons. The van der Waals surface area contributed by atoms with Gasteiger partial charge in [-0.05, 0) is 18.2 Å². The number of hydrogen-bond acceptors (Lipinski definition) is 3. The highest BCUT2D eigenvalue weighted by Crippen LogP contribution is 2.24. The Morgan fingerprint density at radius 2 is 1.88 bits per heavy atom. The molecule has 1 saturated heterocycles. The lowest BCUT2D eigenvalue weighted by Gasteiger charge is -2.35. The van der Waals surface area contributed by atoms with Gasteiger partial charge in [-0.3, -0.25) is 4.79 Å². The molecule has 1 fully saturated rings. The molecule has 1 aliphatic rings. The number of pyridine rings is 1. The summed E-state index contributed by atoms with van der Waals surface area (Å²) < 4.78 is 18.4. The Bertz CT molecular complexity index is 706. The summed E-state index contributed by atoms with van der Waals surface area (Å²) in [7, 11) is 0. The number of nitrogens with zero attached hydrogens (tertiary/aromatic N) is 2. The van der Waals surface area contributed by atoms with Gasteiger partial charge in [0.1, 0.15) is 11.6 Å². The Morgan fingerprint density at radius 3 is 2.54 bits per heavy atom. The molecule has 0 spiro atoms. The quantitative estimate of drug-likeness (QED) is 0.847. The lowest BCUT2D eigenvalue weighted by Crippen LogP contribution is -2.50. The van der Waals surface area contributed by atoms with Crippen LogP contribution in [0.15, 0.2) is 42.7 Å². The minimum Gasteiger partial charge on any atom is -0.482 e. The molecule has 1 amide bonds. The number of aromatic nitrogens is 1. The summed E-state index contributed by atoms with van der Waals surface area (Å²) in [6, 6.07) is 7.86. The zero-order valence-corrected chi connectivity index (χ0v) is 13.8. The van der Waals surface area contributed by atoms with Crippen molar-refractivity contribution in [2.24, 2.45) is 0 Å². The lowest BCUT2D eigenvalue weighted by molar-refractivity contribution is -0.377. The van der Waals surface area contributed by atoms with Gasteiger partial charge in [0.05, 0.1) is 5.02 Å². The van der Waals surface area contributed by atoms with Crippen molar-refractivity contribution in [1.82, 2.24) is 4.90 Å². The number of nitrogens with one attached hydrogen (secondary N) is 1. The van der Waals surface area contributed by atoms with Gasteiger partial charge in [0.15, 0.2) is 19.0 Å². The monoisotopic (exact) mass is 350 g/mol. The SMILES string of the molecule is O=C(COc1ccc(F)cc1Cl)N1CCN(c2cc[nH+]cc2)CC1. The molecule has 2 heterocycles. The van der Waals surface area contributed by atoms with Crippen LogP contribution in [0.1, 0.15) is 0 Å². The predicted molar refractivity (Wildman–Crippen MR) is 88.7 cm³/mol. The van der Waals surface area contributed by atoms with Crippen LogP contribution in [0.25, 0.3) is 0 Å². The van der Waals surface area contributed by atoms with Crippen LogP contribution >= 0.6 is 11.6 Å². The molecule has 1 aromatic heterocycles. The van der Waals surface area contributed by atoms with Crippen LogP contribution in [0.3, 0.4) is 0 Å². The fourth-order valence-corrected chi connectivity index (χ4v) is 2.85. The third-order valence-electron chi connectivity index (χ3n) is 3.94.